The summed E-state index contributed by atoms with van der Waals surface area (Å²) < 4.78 is 0. The molecule has 3 aliphatic carbocycles. The van der Waals surface area contributed by atoms with Crippen molar-refractivity contribution in [3.05, 3.63) is 29.3 Å². The van der Waals surface area contributed by atoms with E-state index in [0.717, 1.165) is 55.6 Å². The number of piperidine rings is 1. The Labute approximate surface area is 207 Å². The minimum Gasteiger partial charge on any atom is -0.366 e. The number of benzene rings is 1. The van der Waals surface area contributed by atoms with Crippen molar-refractivity contribution in [2.24, 2.45) is 28.9 Å². The normalized spacial score (nSPS) is 25.4. The molecule has 188 valence electrons. The van der Waals surface area contributed by atoms with Gasteiger partial charge in [0.05, 0.1) is 0 Å². The zero-order valence-electron chi connectivity index (χ0n) is 21.0. The van der Waals surface area contributed by atoms with Crippen LogP contribution in [0.4, 0.5) is 23.5 Å². The molecule has 0 spiro atoms. The highest BCUT2D eigenvalue weighted by atomic mass is 16.1. The molecule has 1 amide bonds. The van der Waals surface area contributed by atoms with Crippen molar-refractivity contribution in [1.82, 2.24) is 20.3 Å². The summed E-state index contributed by atoms with van der Waals surface area (Å²) in [6.45, 7) is 9.65. The van der Waals surface area contributed by atoms with Crippen molar-refractivity contribution in [3.63, 3.8) is 0 Å². The smallest absolute Gasteiger partial charge is 0.248 e. The van der Waals surface area contributed by atoms with E-state index in [1.165, 1.54) is 19.3 Å². The van der Waals surface area contributed by atoms with Gasteiger partial charge in [-0.15, -0.1) is 0 Å². The number of carbonyl (C=O) groups excluding carboxylic acids is 1. The number of aromatic nitrogens is 3. The number of rotatable bonds is 8. The van der Waals surface area contributed by atoms with Crippen molar-refractivity contribution in [1.29, 1.82) is 0 Å². The number of hydrogen-bond acceptors (Lipinski definition) is 8. The van der Waals surface area contributed by atoms with E-state index in [2.05, 4.69) is 45.1 Å². The van der Waals surface area contributed by atoms with Crippen molar-refractivity contribution in [2.45, 2.75) is 58.9 Å². The summed E-state index contributed by atoms with van der Waals surface area (Å²) in [5.41, 5.74) is 8.10. The summed E-state index contributed by atoms with van der Waals surface area (Å²) in [6, 6.07) is 5.66. The molecule has 2 aromatic rings. The maximum atomic E-state index is 11.7. The highest BCUT2D eigenvalue weighted by Gasteiger charge is 2.53. The SMILES string of the molecule is Cc1ccc(C(N)=O)cc1Nc1nc(NC[C@H]2CC[C@H]3C[C@H]2C3(C)C)nc(NC2CCNCC2)n1. The van der Waals surface area contributed by atoms with Crippen LogP contribution < -0.4 is 27.0 Å². The predicted molar refractivity (Wildman–Crippen MR) is 139 cm³/mol. The second kappa shape index (κ2) is 9.60. The third-order valence-corrected chi connectivity index (χ3v) is 8.60. The van der Waals surface area contributed by atoms with Crippen molar-refractivity contribution in [3.8, 4) is 0 Å². The van der Waals surface area contributed by atoms with Gasteiger partial charge >= 0.3 is 0 Å². The summed E-state index contributed by atoms with van der Waals surface area (Å²) >= 11 is 0. The molecule has 6 N–H and O–H groups in total. The second-order valence-corrected chi connectivity index (χ2v) is 11.1. The molecule has 1 saturated heterocycles. The van der Waals surface area contributed by atoms with E-state index < -0.39 is 5.91 Å². The average molecular weight is 479 g/mol. The molecule has 0 unspecified atom stereocenters. The number of aryl methyl sites for hydroxylation is 1. The fourth-order valence-corrected chi connectivity index (χ4v) is 6.18. The minimum atomic E-state index is -0.465. The van der Waals surface area contributed by atoms with E-state index in [-0.39, 0.29) is 0 Å². The number of primary amides is 1. The number of nitrogens with two attached hydrogens (primary N) is 1. The Morgan fingerprint density at radius 1 is 1.09 bits per heavy atom. The van der Waals surface area contributed by atoms with Gasteiger partial charge in [-0.2, -0.15) is 15.0 Å². The average Bonchev–Trinajstić information content (AvgIpc) is 2.84. The maximum absolute atomic E-state index is 11.7. The largest absolute Gasteiger partial charge is 0.366 e. The molecule has 2 bridgehead atoms. The molecule has 4 aliphatic rings. The fourth-order valence-electron chi connectivity index (χ4n) is 6.18. The minimum absolute atomic E-state index is 0.324. The zero-order chi connectivity index (χ0) is 24.6. The highest BCUT2D eigenvalue weighted by molar-refractivity contribution is 5.94. The van der Waals surface area contributed by atoms with Gasteiger partial charge in [0, 0.05) is 23.8 Å². The van der Waals surface area contributed by atoms with Gasteiger partial charge in [0.15, 0.2) is 0 Å². The molecule has 35 heavy (non-hydrogen) atoms. The van der Waals surface area contributed by atoms with Gasteiger partial charge in [0.2, 0.25) is 23.8 Å². The van der Waals surface area contributed by atoms with Gasteiger partial charge in [-0.3, -0.25) is 4.79 Å². The lowest BCUT2D eigenvalue weighted by Crippen LogP contribution is -2.53. The number of amides is 1. The topological polar surface area (TPSA) is 130 Å². The third kappa shape index (κ3) is 5.05. The highest BCUT2D eigenvalue weighted by Crippen LogP contribution is 2.61. The molecule has 9 heteroatoms. The van der Waals surface area contributed by atoms with Gasteiger partial charge in [0.25, 0.3) is 0 Å². The first kappa shape index (κ1) is 23.8. The van der Waals surface area contributed by atoms with Gasteiger partial charge in [0.1, 0.15) is 0 Å². The van der Waals surface area contributed by atoms with Crippen LogP contribution in [0.25, 0.3) is 0 Å². The van der Waals surface area contributed by atoms with Crippen molar-refractivity contribution >= 4 is 29.4 Å². The van der Waals surface area contributed by atoms with Crippen LogP contribution in [0, 0.1) is 30.1 Å². The van der Waals surface area contributed by atoms with E-state index in [4.69, 9.17) is 10.7 Å². The fraction of sp³-hybridized carbons (Fsp3) is 0.615. The third-order valence-electron chi connectivity index (χ3n) is 8.60. The van der Waals surface area contributed by atoms with Gasteiger partial charge in [-0.1, -0.05) is 19.9 Å². The quantitative estimate of drug-likeness (QED) is 0.389. The summed E-state index contributed by atoms with van der Waals surface area (Å²) in [5.74, 6) is 3.40. The van der Waals surface area contributed by atoms with Crippen LogP contribution in [-0.2, 0) is 0 Å². The molecular formula is C26H38N8O. The maximum Gasteiger partial charge on any atom is 0.248 e. The predicted octanol–water partition coefficient (Wildman–Crippen LogP) is 3.67. The summed E-state index contributed by atoms with van der Waals surface area (Å²) in [7, 11) is 0. The molecule has 3 saturated carbocycles. The Morgan fingerprint density at radius 3 is 2.54 bits per heavy atom. The first-order valence-corrected chi connectivity index (χ1v) is 12.9. The lowest BCUT2D eigenvalue weighted by atomic mass is 9.45. The van der Waals surface area contributed by atoms with E-state index in [9.17, 15) is 4.79 Å². The van der Waals surface area contributed by atoms with Crippen molar-refractivity contribution in [2.75, 3.05) is 35.6 Å². The molecular weight excluding hydrogens is 440 g/mol. The van der Waals surface area contributed by atoms with Crippen LogP contribution in [0.15, 0.2) is 18.2 Å². The lowest BCUT2D eigenvalue weighted by molar-refractivity contribution is -0.100. The molecule has 1 aliphatic heterocycles. The summed E-state index contributed by atoms with van der Waals surface area (Å²) in [4.78, 5) is 25.7. The lowest BCUT2D eigenvalue weighted by Gasteiger charge is -2.60. The first-order chi connectivity index (χ1) is 16.8. The molecule has 0 radical (unpaired) electrons. The van der Waals surface area contributed by atoms with Gasteiger partial charge < -0.3 is 27.0 Å². The van der Waals surface area contributed by atoms with E-state index in [1.54, 1.807) is 12.1 Å². The summed E-state index contributed by atoms with van der Waals surface area (Å²) in [6.07, 6.45) is 5.98. The number of nitrogens with one attached hydrogen (secondary N) is 4. The molecule has 3 atom stereocenters. The van der Waals surface area contributed by atoms with Crippen LogP contribution in [0.2, 0.25) is 0 Å². The number of fused-ring (bicyclic) bond motifs is 2. The molecule has 6 rings (SSSR count). The molecule has 4 fully saturated rings. The first-order valence-electron chi connectivity index (χ1n) is 12.9. The number of anilines is 4. The Morgan fingerprint density at radius 2 is 1.83 bits per heavy atom. The zero-order valence-corrected chi connectivity index (χ0v) is 21.0. The monoisotopic (exact) mass is 478 g/mol. The van der Waals surface area contributed by atoms with Crippen LogP contribution in [0.5, 0.6) is 0 Å². The standard InChI is InChI=1S/C26H38N8O/c1-15-4-5-16(22(27)35)12-21(15)31-25-33-23(32-24(34-25)30-19-8-10-28-11-9-19)29-14-17-6-7-18-13-20(17)26(18,2)3/h4-5,12,17-20,28H,6-11,13-14H2,1-3H3,(H2,27,35)(H3,29,30,31,32,33,34)/t17-,18+,20-/m1/s1. The Bertz CT molecular complexity index is 1080. The Kier molecular flexibility index (Phi) is 6.53. The van der Waals surface area contributed by atoms with Crippen LogP contribution >= 0.6 is 0 Å². The van der Waals surface area contributed by atoms with Crippen molar-refractivity contribution < 1.29 is 4.79 Å². The molecule has 1 aromatic heterocycles. The van der Waals surface area contributed by atoms with E-state index in [1.807, 2.05) is 13.0 Å². The van der Waals surface area contributed by atoms with E-state index >= 15 is 0 Å². The second-order valence-electron chi connectivity index (χ2n) is 11.1. The number of carbonyl (C=O) groups is 1. The Hall–Kier alpha value is -2.94. The van der Waals surface area contributed by atoms with Crippen LogP contribution in [0.1, 0.15) is 61.9 Å². The van der Waals surface area contributed by atoms with E-state index in [0.29, 0.717) is 40.8 Å². The number of nitrogens with zero attached hydrogens (tertiary/aromatic N) is 3. The molecule has 1 aromatic carbocycles. The van der Waals surface area contributed by atoms with Crippen LogP contribution in [0.3, 0.4) is 0 Å². The number of hydrogen-bond donors (Lipinski definition) is 5. The molecule has 9 nitrogen and oxygen atoms in total. The van der Waals surface area contributed by atoms with Gasteiger partial charge in [-0.25, -0.2) is 0 Å². The molecule has 2 heterocycles. The van der Waals surface area contributed by atoms with Crippen LogP contribution in [-0.4, -0.2) is 46.5 Å². The summed E-state index contributed by atoms with van der Waals surface area (Å²) in [5, 5.41) is 13.7. The van der Waals surface area contributed by atoms with Gasteiger partial charge in [-0.05, 0) is 93.0 Å². The Balaban J connectivity index is 1.36.